The van der Waals surface area contributed by atoms with Gasteiger partial charge in [0.1, 0.15) is 17.7 Å². The van der Waals surface area contributed by atoms with E-state index in [0.717, 1.165) is 31.3 Å². The molecular weight excluding hydrogens is 514 g/mol. The lowest BCUT2D eigenvalue weighted by Gasteiger charge is -2.31. The lowest BCUT2D eigenvalue weighted by molar-refractivity contribution is -0.122. The van der Waals surface area contributed by atoms with Crippen molar-refractivity contribution in [2.75, 3.05) is 12.4 Å². The summed E-state index contributed by atoms with van der Waals surface area (Å²) in [5.41, 5.74) is 1.93. The summed E-state index contributed by atoms with van der Waals surface area (Å²) in [4.78, 5) is 13.4. The highest BCUT2D eigenvalue weighted by Crippen LogP contribution is 2.39. The molecule has 2 heterocycles. The largest absolute Gasteiger partial charge is 0.344 e. The number of aromatic nitrogens is 2. The molecule has 1 amide bonds. The molecule has 186 valence electrons. The standard InChI is InChI=1S/C22H19Cl2FN4O3S.C2H6/c1-12-10-19-26-13(2)20(21(29(19)27-12)14-4-9-17(23)18(24)11-14)22(30)28(3)33(31,32)16-7-5-15(25)6-8-16;1-2/h4-11,21,26H,1-3H3;1-2H3. The van der Waals surface area contributed by atoms with Crippen LogP contribution in [0.1, 0.15) is 38.1 Å². The van der Waals surface area contributed by atoms with E-state index < -0.39 is 27.8 Å². The zero-order chi connectivity index (χ0) is 26.1. The van der Waals surface area contributed by atoms with Gasteiger partial charge in [0, 0.05) is 18.8 Å². The Morgan fingerprint density at radius 3 is 2.29 bits per heavy atom. The molecule has 1 unspecified atom stereocenters. The van der Waals surface area contributed by atoms with E-state index in [2.05, 4.69) is 10.4 Å². The van der Waals surface area contributed by atoms with Crippen LogP contribution in [0.5, 0.6) is 0 Å². The van der Waals surface area contributed by atoms with Crippen LogP contribution >= 0.6 is 23.2 Å². The van der Waals surface area contributed by atoms with Crippen LogP contribution in [-0.2, 0) is 14.8 Å². The summed E-state index contributed by atoms with van der Waals surface area (Å²) in [6, 6.07) is 10.3. The van der Waals surface area contributed by atoms with E-state index in [4.69, 9.17) is 23.2 Å². The normalized spacial score (nSPS) is 15.0. The van der Waals surface area contributed by atoms with Crippen molar-refractivity contribution < 1.29 is 17.6 Å². The van der Waals surface area contributed by atoms with Gasteiger partial charge in [0.15, 0.2) is 0 Å². The second-order valence-corrected chi connectivity index (χ2v) is 10.4. The molecule has 2 aromatic carbocycles. The van der Waals surface area contributed by atoms with Gasteiger partial charge in [-0.25, -0.2) is 21.8 Å². The first-order chi connectivity index (χ1) is 16.5. The quantitative estimate of drug-likeness (QED) is 0.453. The van der Waals surface area contributed by atoms with Crippen LogP contribution in [0, 0.1) is 12.7 Å². The number of nitrogens with zero attached hydrogens (tertiary/aromatic N) is 3. The van der Waals surface area contributed by atoms with Gasteiger partial charge in [0.05, 0.1) is 26.2 Å². The molecule has 1 N–H and O–H groups in total. The third-order valence-corrected chi connectivity index (χ3v) is 7.84. The van der Waals surface area contributed by atoms with E-state index in [0.29, 0.717) is 32.1 Å². The van der Waals surface area contributed by atoms with Gasteiger partial charge in [0.2, 0.25) is 0 Å². The minimum absolute atomic E-state index is 0.164. The van der Waals surface area contributed by atoms with Crippen molar-refractivity contribution in [3.8, 4) is 0 Å². The fourth-order valence-corrected chi connectivity index (χ4v) is 5.12. The van der Waals surface area contributed by atoms with Gasteiger partial charge in [-0.05, 0) is 55.8 Å². The minimum atomic E-state index is -4.24. The summed E-state index contributed by atoms with van der Waals surface area (Å²) < 4.78 is 41.8. The number of anilines is 1. The summed E-state index contributed by atoms with van der Waals surface area (Å²) in [5.74, 6) is -0.708. The van der Waals surface area contributed by atoms with E-state index in [9.17, 15) is 17.6 Å². The summed E-state index contributed by atoms with van der Waals surface area (Å²) in [6.45, 7) is 7.49. The smallest absolute Gasteiger partial charge is 0.267 e. The minimum Gasteiger partial charge on any atom is -0.344 e. The number of rotatable bonds is 4. The van der Waals surface area contributed by atoms with Crippen LogP contribution in [0.15, 0.2) is 64.7 Å². The van der Waals surface area contributed by atoms with Gasteiger partial charge in [-0.3, -0.25) is 4.79 Å². The summed E-state index contributed by atoms with van der Waals surface area (Å²) >= 11 is 12.3. The fraction of sp³-hybridized carbons (Fsp3) is 0.250. The van der Waals surface area contributed by atoms with Gasteiger partial charge >= 0.3 is 0 Å². The molecule has 0 bridgehead atoms. The predicted octanol–water partition coefficient (Wildman–Crippen LogP) is 5.80. The van der Waals surface area contributed by atoms with Gasteiger partial charge in [0.25, 0.3) is 15.9 Å². The first kappa shape index (κ1) is 26.7. The molecule has 3 aromatic rings. The van der Waals surface area contributed by atoms with E-state index in [1.807, 2.05) is 19.9 Å². The maximum absolute atomic E-state index is 13.6. The lowest BCUT2D eigenvalue weighted by Crippen LogP contribution is -2.39. The topological polar surface area (TPSA) is 84.3 Å². The molecule has 1 aromatic heterocycles. The second-order valence-electron chi connectivity index (χ2n) is 7.59. The maximum atomic E-state index is 13.6. The van der Waals surface area contributed by atoms with Crippen LogP contribution in [0.2, 0.25) is 10.0 Å². The molecule has 4 rings (SSSR count). The molecule has 0 saturated heterocycles. The van der Waals surface area contributed by atoms with Gasteiger partial charge in [-0.2, -0.15) is 5.10 Å². The molecule has 11 heteroatoms. The Labute approximate surface area is 214 Å². The van der Waals surface area contributed by atoms with E-state index in [1.165, 1.54) is 0 Å². The Balaban J connectivity index is 0.00000167. The highest BCUT2D eigenvalue weighted by molar-refractivity contribution is 7.89. The van der Waals surface area contributed by atoms with Crippen molar-refractivity contribution in [3.63, 3.8) is 0 Å². The highest BCUT2D eigenvalue weighted by atomic mass is 35.5. The number of hydrogen-bond acceptors (Lipinski definition) is 5. The molecule has 0 saturated carbocycles. The fourth-order valence-electron chi connectivity index (χ4n) is 3.70. The molecule has 1 atom stereocenters. The molecule has 0 aliphatic carbocycles. The monoisotopic (exact) mass is 538 g/mol. The van der Waals surface area contributed by atoms with Crippen LogP contribution < -0.4 is 5.32 Å². The SMILES string of the molecule is CC.CC1=C(C(=O)N(C)S(=O)(=O)c2ccc(F)cc2)C(c2ccc(Cl)c(Cl)c2)n2nc(C)cc2N1. The van der Waals surface area contributed by atoms with E-state index in [1.54, 1.807) is 36.7 Å². The van der Waals surface area contributed by atoms with Crippen molar-refractivity contribution >= 4 is 45.0 Å². The Kier molecular flexibility index (Phi) is 7.93. The van der Waals surface area contributed by atoms with Gasteiger partial charge < -0.3 is 5.32 Å². The first-order valence-electron chi connectivity index (χ1n) is 10.8. The number of benzene rings is 2. The molecule has 1 aliphatic rings. The molecule has 35 heavy (non-hydrogen) atoms. The molecule has 7 nitrogen and oxygen atoms in total. The van der Waals surface area contributed by atoms with Crippen molar-refractivity contribution in [1.82, 2.24) is 14.1 Å². The maximum Gasteiger partial charge on any atom is 0.267 e. The van der Waals surface area contributed by atoms with Crippen molar-refractivity contribution in [3.05, 3.63) is 86.9 Å². The third-order valence-electron chi connectivity index (χ3n) is 5.34. The number of hydrogen-bond donors (Lipinski definition) is 1. The Morgan fingerprint density at radius 1 is 1.06 bits per heavy atom. The van der Waals surface area contributed by atoms with E-state index in [-0.39, 0.29) is 15.5 Å². The number of sulfonamides is 1. The number of likely N-dealkylation sites (N-methyl/N-ethyl adjacent to an activating group) is 1. The molecular formula is C24H25Cl2FN4O3S. The van der Waals surface area contributed by atoms with Crippen LogP contribution in [0.3, 0.4) is 0 Å². The van der Waals surface area contributed by atoms with Crippen molar-refractivity contribution in [1.29, 1.82) is 0 Å². The molecule has 0 spiro atoms. The number of carbonyl (C=O) groups excluding carboxylic acids is 1. The number of amides is 1. The van der Waals surface area contributed by atoms with Crippen LogP contribution in [-0.4, -0.2) is 35.5 Å². The zero-order valence-corrected chi connectivity index (χ0v) is 22.1. The number of carbonyl (C=O) groups is 1. The second kappa shape index (κ2) is 10.4. The number of nitrogens with one attached hydrogen (secondary N) is 1. The number of allylic oxidation sites excluding steroid dienone is 1. The average Bonchev–Trinajstić information content (AvgIpc) is 3.20. The predicted molar refractivity (Wildman–Crippen MR) is 136 cm³/mol. The zero-order valence-electron chi connectivity index (χ0n) is 19.8. The molecule has 1 aliphatic heterocycles. The van der Waals surface area contributed by atoms with Gasteiger partial charge in [-0.1, -0.05) is 43.1 Å². The number of halogens is 3. The Hall–Kier alpha value is -2.88. The third kappa shape index (κ3) is 5.07. The Bertz CT molecular complexity index is 1400. The van der Waals surface area contributed by atoms with E-state index >= 15 is 0 Å². The Morgan fingerprint density at radius 2 is 1.69 bits per heavy atom. The van der Waals surface area contributed by atoms with Crippen LogP contribution in [0.4, 0.5) is 10.2 Å². The summed E-state index contributed by atoms with van der Waals surface area (Å²) in [5, 5.41) is 8.25. The molecule has 0 fully saturated rings. The molecule has 0 radical (unpaired) electrons. The summed E-state index contributed by atoms with van der Waals surface area (Å²) in [7, 11) is -3.08. The number of fused-ring (bicyclic) bond motifs is 1. The lowest BCUT2D eigenvalue weighted by atomic mass is 9.95. The average molecular weight is 539 g/mol. The van der Waals surface area contributed by atoms with Crippen LogP contribution in [0.25, 0.3) is 0 Å². The summed E-state index contributed by atoms with van der Waals surface area (Å²) in [6.07, 6.45) is 0. The van der Waals surface area contributed by atoms with Crippen molar-refractivity contribution in [2.24, 2.45) is 0 Å². The van der Waals surface area contributed by atoms with Crippen molar-refractivity contribution in [2.45, 2.75) is 38.6 Å². The first-order valence-corrected chi connectivity index (χ1v) is 13.0. The highest BCUT2D eigenvalue weighted by Gasteiger charge is 2.38. The number of aryl methyl sites for hydroxylation is 1. The van der Waals surface area contributed by atoms with Gasteiger partial charge in [-0.15, -0.1) is 0 Å².